The predicted octanol–water partition coefficient (Wildman–Crippen LogP) is 6.36. The van der Waals surface area contributed by atoms with E-state index in [1.165, 1.54) is 0 Å². The molecular formula is C28H35ClN2O4. The van der Waals surface area contributed by atoms with Crippen molar-refractivity contribution in [2.75, 3.05) is 13.2 Å². The van der Waals surface area contributed by atoms with Crippen molar-refractivity contribution in [1.82, 2.24) is 9.97 Å². The molecule has 0 fully saturated rings. The molecule has 35 heavy (non-hydrogen) atoms. The molecule has 0 radical (unpaired) electrons. The second-order valence-corrected chi connectivity index (χ2v) is 8.76. The van der Waals surface area contributed by atoms with Gasteiger partial charge in [0, 0.05) is 17.3 Å². The average Bonchev–Trinajstić information content (AvgIpc) is 3.36. The van der Waals surface area contributed by atoms with Crippen molar-refractivity contribution < 1.29 is 19.1 Å². The Morgan fingerprint density at radius 1 is 0.800 bits per heavy atom. The van der Waals surface area contributed by atoms with E-state index >= 15 is 0 Å². The number of halogens is 1. The number of esters is 2. The molecule has 6 nitrogen and oxygen atoms in total. The lowest BCUT2D eigenvalue weighted by atomic mass is 9.86. The van der Waals surface area contributed by atoms with E-state index in [0.717, 1.165) is 57.6 Å². The van der Waals surface area contributed by atoms with Crippen LogP contribution in [0.3, 0.4) is 0 Å². The Balaban J connectivity index is 2.31. The van der Waals surface area contributed by atoms with Crippen LogP contribution in [0.25, 0.3) is 0 Å². The number of aromatic nitrogens is 2. The molecule has 0 atom stereocenters. The molecule has 0 spiro atoms. The normalized spacial score (nSPS) is 11.2. The molecule has 0 saturated heterocycles. The lowest BCUT2D eigenvalue weighted by Gasteiger charge is -2.20. The van der Waals surface area contributed by atoms with Gasteiger partial charge in [0.1, 0.15) is 11.4 Å². The summed E-state index contributed by atoms with van der Waals surface area (Å²) in [4.78, 5) is 32.3. The standard InChI is InChI=1S/C28H35ClN2O4/c1-7-20-16(5)23(27(32)34-9-3)30-25(20)22(19-13-11-18(15-29)12-14-19)26-21(8-2)17(6)24(31-26)28(33)35-10-4/h11-14,22,30-31H,7-10,15H2,1-6H3. The Morgan fingerprint density at radius 2 is 1.23 bits per heavy atom. The summed E-state index contributed by atoms with van der Waals surface area (Å²) >= 11 is 6.05. The number of hydrogen-bond donors (Lipinski definition) is 2. The average molecular weight is 499 g/mol. The van der Waals surface area contributed by atoms with Crippen molar-refractivity contribution in [3.63, 3.8) is 0 Å². The number of nitrogens with one attached hydrogen (secondary N) is 2. The molecule has 3 aromatic rings. The fourth-order valence-electron chi connectivity index (χ4n) is 4.81. The van der Waals surface area contributed by atoms with Crippen LogP contribution in [-0.4, -0.2) is 35.1 Å². The van der Waals surface area contributed by atoms with Crippen molar-refractivity contribution in [2.24, 2.45) is 0 Å². The SMILES string of the molecule is CCOC(=O)c1[nH]c(C(c2ccc(CCl)cc2)c2[nH]c(C(=O)OCC)c(C)c2CC)c(CC)c1C. The summed E-state index contributed by atoms with van der Waals surface area (Å²) in [6.07, 6.45) is 1.47. The summed E-state index contributed by atoms with van der Waals surface area (Å²) in [5, 5.41) is 0. The first-order chi connectivity index (χ1) is 16.8. The highest BCUT2D eigenvalue weighted by Crippen LogP contribution is 2.39. The van der Waals surface area contributed by atoms with Gasteiger partial charge in [-0.15, -0.1) is 11.6 Å². The highest BCUT2D eigenvalue weighted by molar-refractivity contribution is 6.17. The summed E-state index contributed by atoms with van der Waals surface area (Å²) in [6.45, 7) is 12.2. The van der Waals surface area contributed by atoms with Gasteiger partial charge < -0.3 is 19.4 Å². The minimum Gasteiger partial charge on any atom is -0.461 e. The molecule has 2 aromatic heterocycles. The first-order valence-corrected chi connectivity index (χ1v) is 12.8. The topological polar surface area (TPSA) is 84.2 Å². The quantitative estimate of drug-likeness (QED) is 0.252. The van der Waals surface area contributed by atoms with Gasteiger partial charge in [0.05, 0.1) is 19.1 Å². The number of H-pyrrole nitrogens is 2. The summed E-state index contributed by atoms with van der Waals surface area (Å²) in [6, 6.07) is 8.14. The number of carbonyl (C=O) groups is 2. The van der Waals surface area contributed by atoms with Crippen LogP contribution < -0.4 is 0 Å². The number of benzene rings is 1. The summed E-state index contributed by atoms with van der Waals surface area (Å²) < 4.78 is 10.6. The van der Waals surface area contributed by atoms with Crippen molar-refractivity contribution in [1.29, 1.82) is 0 Å². The lowest BCUT2D eigenvalue weighted by Crippen LogP contribution is -2.11. The van der Waals surface area contributed by atoms with Gasteiger partial charge in [0.2, 0.25) is 0 Å². The van der Waals surface area contributed by atoms with Crippen molar-refractivity contribution in [3.05, 3.63) is 80.4 Å². The van der Waals surface area contributed by atoms with E-state index in [1.807, 2.05) is 26.0 Å². The van der Waals surface area contributed by atoms with Gasteiger partial charge in [-0.2, -0.15) is 0 Å². The fraction of sp³-hybridized carbons (Fsp3) is 0.429. The van der Waals surface area contributed by atoms with E-state index in [-0.39, 0.29) is 17.9 Å². The van der Waals surface area contributed by atoms with Gasteiger partial charge in [-0.1, -0.05) is 38.1 Å². The molecule has 0 amide bonds. The van der Waals surface area contributed by atoms with Crippen LogP contribution in [0.1, 0.15) is 99.4 Å². The Kier molecular flexibility index (Phi) is 8.84. The Hall–Kier alpha value is -2.99. The molecule has 7 heteroatoms. The third-order valence-electron chi connectivity index (χ3n) is 6.54. The van der Waals surface area contributed by atoms with E-state index in [9.17, 15) is 9.59 Å². The van der Waals surface area contributed by atoms with E-state index in [2.05, 4.69) is 35.9 Å². The van der Waals surface area contributed by atoms with E-state index in [0.29, 0.717) is 30.5 Å². The third kappa shape index (κ3) is 5.18. The number of aromatic amines is 2. The van der Waals surface area contributed by atoms with Crippen LogP contribution >= 0.6 is 11.6 Å². The van der Waals surface area contributed by atoms with Crippen molar-refractivity contribution >= 4 is 23.5 Å². The van der Waals surface area contributed by atoms with Crippen LogP contribution in [-0.2, 0) is 28.2 Å². The van der Waals surface area contributed by atoms with E-state index in [1.54, 1.807) is 13.8 Å². The zero-order valence-electron chi connectivity index (χ0n) is 21.4. The zero-order chi connectivity index (χ0) is 25.7. The fourth-order valence-corrected chi connectivity index (χ4v) is 4.99. The van der Waals surface area contributed by atoms with E-state index in [4.69, 9.17) is 21.1 Å². The molecule has 0 aliphatic rings. The first-order valence-electron chi connectivity index (χ1n) is 12.2. The number of rotatable bonds is 10. The minimum absolute atomic E-state index is 0.256. The van der Waals surface area contributed by atoms with Crippen LogP contribution in [0.15, 0.2) is 24.3 Å². The second kappa shape index (κ2) is 11.6. The van der Waals surface area contributed by atoms with Gasteiger partial charge in [0.15, 0.2) is 0 Å². The predicted molar refractivity (Wildman–Crippen MR) is 139 cm³/mol. The maximum atomic E-state index is 12.7. The van der Waals surface area contributed by atoms with E-state index < -0.39 is 0 Å². The maximum Gasteiger partial charge on any atom is 0.355 e. The molecule has 0 unspecified atom stereocenters. The van der Waals surface area contributed by atoms with Gasteiger partial charge in [-0.05, 0) is 73.9 Å². The minimum atomic E-state index is -0.368. The molecule has 2 heterocycles. The van der Waals surface area contributed by atoms with Crippen molar-refractivity contribution in [3.8, 4) is 0 Å². The molecule has 1 aromatic carbocycles. The Morgan fingerprint density at radius 3 is 1.57 bits per heavy atom. The number of carbonyl (C=O) groups excluding carboxylic acids is 2. The van der Waals surface area contributed by atoms with Gasteiger partial charge >= 0.3 is 11.9 Å². The summed E-state index contributed by atoms with van der Waals surface area (Å²) in [5.74, 6) is -0.567. The maximum absolute atomic E-state index is 12.7. The number of ether oxygens (including phenoxy) is 2. The Bertz CT molecular complexity index is 1120. The first kappa shape index (κ1) is 26.6. The highest BCUT2D eigenvalue weighted by atomic mass is 35.5. The monoisotopic (exact) mass is 498 g/mol. The highest BCUT2D eigenvalue weighted by Gasteiger charge is 2.31. The van der Waals surface area contributed by atoms with Gasteiger partial charge in [-0.25, -0.2) is 9.59 Å². The Labute approximate surface area is 212 Å². The molecule has 0 aliphatic heterocycles. The van der Waals surface area contributed by atoms with Crippen molar-refractivity contribution in [2.45, 2.75) is 66.2 Å². The summed E-state index contributed by atoms with van der Waals surface area (Å²) in [7, 11) is 0. The van der Waals surface area contributed by atoms with Crippen LogP contribution in [0.4, 0.5) is 0 Å². The molecule has 0 aliphatic carbocycles. The summed E-state index contributed by atoms with van der Waals surface area (Å²) in [5.41, 5.74) is 8.70. The smallest absolute Gasteiger partial charge is 0.355 e. The number of hydrogen-bond acceptors (Lipinski definition) is 4. The van der Waals surface area contributed by atoms with Gasteiger partial charge in [-0.3, -0.25) is 0 Å². The largest absolute Gasteiger partial charge is 0.461 e. The zero-order valence-corrected chi connectivity index (χ0v) is 22.2. The van der Waals surface area contributed by atoms with Gasteiger partial charge in [0.25, 0.3) is 0 Å². The van der Waals surface area contributed by atoms with Crippen LogP contribution in [0.2, 0.25) is 0 Å². The third-order valence-corrected chi connectivity index (χ3v) is 6.84. The molecule has 0 bridgehead atoms. The lowest BCUT2D eigenvalue weighted by molar-refractivity contribution is 0.0510. The van der Waals surface area contributed by atoms with Crippen LogP contribution in [0.5, 0.6) is 0 Å². The molecule has 188 valence electrons. The molecule has 2 N–H and O–H groups in total. The molecule has 0 saturated carbocycles. The van der Waals surface area contributed by atoms with Crippen LogP contribution in [0, 0.1) is 13.8 Å². The number of alkyl halides is 1. The molecular weight excluding hydrogens is 464 g/mol. The second-order valence-electron chi connectivity index (χ2n) is 8.49. The molecule has 3 rings (SSSR count).